The van der Waals surface area contributed by atoms with Gasteiger partial charge in [-0.3, -0.25) is 10.1 Å². The molecule has 0 spiro atoms. The van der Waals surface area contributed by atoms with Crippen LogP contribution in [0.25, 0.3) is 11.5 Å². The monoisotopic (exact) mass is 470 g/mol. The van der Waals surface area contributed by atoms with Crippen molar-refractivity contribution in [3.63, 3.8) is 0 Å². The second-order valence-corrected chi connectivity index (χ2v) is 10.2. The molecular weight excluding hydrogens is 444 g/mol. The zero-order valence-corrected chi connectivity index (χ0v) is 19.7. The van der Waals surface area contributed by atoms with Gasteiger partial charge in [0.1, 0.15) is 0 Å². The van der Waals surface area contributed by atoms with Crippen LogP contribution in [0.1, 0.15) is 35.3 Å². The quantitative estimate of drug-likeness (QED) is 0.608. The fraction of sp³-hybridized carbons (Fsp3) is 0.348. The van der Waals surface area contributed by atoms with Crippen molar-refractivity contribution in [2.75, 3.05) is 18.4 Å². The molecule has 2 aromatic carbocycles. The van der Waals surface area contributed by atoms with E-state index in [4.69, 9.17) is 9.15 Å². The molecule has 1 fully saturated rings. The molecule has 1 aromatic heterocycles. The fourth-order valence-electron chi connectivity index (χ4n) is 3.69. The van der Waals surface area contributed by atoms with E-state index < -0.39 is 15.9 Å². The van der Waals surface area contributed by atoms with Crippen LogP contribution in [0.2, 0.25) is 0 Å². The molecule has 1 amide bonds. The number of nitrogens with one attached hydrogen (secondary N) is 1. The molecule has 2 atom stereocenters. The second-order valence-electron chi connectivity index (χ2n) is 8.27. The van der Waals surface area contributed by atoms with Crippen LogP contribution in [0.5, 0.6) is 0 Å². The number of carbonyl (C=O) groups is 1. The molecule has 2 heterocycles. The Kier molecular flexibility index (Phi) is 6.33. The van der Waals surface area contributed by atoms with Crippen molar-refractivity contribution in [2.45, 2.75) is 44.8 Å². The highest BCUT2D eigenvalue weighted by molar-refractivity contribution is 7.89. The maximum Gasteiger partial charge on any atom is 0.322 e. The van der Waals surface area contributed by atoms with Gasteiger partial charge in [0.05, 0.1) is 17.1 Å². The Morgan fingerprint density at radius 1 is 1.00 bits per heavy atom. The van der Waals surface area contributed by atoms with E-state index in [1.54, 1.807) is 0 Å². The number of carbonyl (C=O) groups excluding carboxylic acids is 1. The summed E-state index contributed by atoms with van der Waals surface area (Å²) in [6.45, 7) is 8.26. The molecule has 0 aliphatic carbocycles. The summed E-state index contributed by atoms with van der Waals surface area (Å²) < 4.78 is 38.5. The number of aryl methyl sites for hydroxylation is 2. The topological polar surface area (TPSA) is 115 Å². The standard InChI is InChI=1S/C23H26N4O5S/c1-14-5-6-19(11-15(14)2)22-25-26-23(32-22)24-21(28)18-7-9-20(10-8-18)33(29,30)27-12-16(3)31-17(4)13-27/h5-11,16-17H,12-13H2,1-4H3,(H,24,26,28)/t16-,17-/m1/s1. The Labute approximate surface area is 192 Å². The summed E-state index contributed by atoms with van der Waals surface area (Å²) in [5.74, 6) is -0.188. The summed E-state index contributed by atoms with van der Waals surface area (Å²) in [6.07, 6.45) is -0.367. The second kappa shape index (κ2) is 9.05. The van der Waals surface area contributed by atoms with Crippen LogP contribution in [0, 0.1) is 13.8 Å². The summed E-state index contributed by atoms with van der Waals surface area (Å²) in [7, 11) is -3.68. The Morgan fingerprint density at radius 2 is 1.67 bits per heavy atom. The van der Waals surface area contributed by atoms with Crippen LogP contribution in [-0.4, -0.2) is 54.1 Å². The van der Waals surface area contributed by atoms with E-state index in [1.807, 2.05) is 45.9 Å². The summed E-state index contributed by atoms with van der Waals surface area (Å²) in [6, 6.07) is 11.5. The van der Waals surface area contributed by atoms with Gasteiger partial charge in [-0.05, 0) is 75.2 Å². The summed E-state index contributed by atoms with van der Waals surface area (Å²) >= 11 is 0. The average molecular weight is 471 g/mol. The van der Waals surface area contributed by atoms with Crippen LogP contribution in [0.3, 0.4) is 0 Å². The average Bonchev–Trinajstić information content (AvgIpc) is 3.23. The number of benzene rings is 2. The van der Waals surface area contributed by atoms with E-state index in [9.17, 15) is 13.2 Å². The molecule has 0 bridgehead atoms. The predicted molar refractivity (Wildman–Crippen MR) is 122 cm³/mol. The Hall–Kier alpha value is -3.08. The molecule has 0 unspecified atom stereocenters. The number of aromatic nitrogens is 2. The molecule has 3 aromatic rings. The number of nitrogens with zero attached hydrogens (tertiary/aromatic N) is 3. The van der Waals surface area contributed by atoms with Crippen molar-refractivity contribution in [1.82, 2.24) is 14.5 Å². The molecule has 10 heteroatoms. The lowest BCUT2D eigenvalue weighted by atomic mass is 10.1. The Morgan fingerprint density at radius 3 is 2.30 bits per heavy atom. The van der Waals surface area contributed by atoms with Gasteiger partial charge in [0.15, 0.2) is 0 Å². The van der Waals surface area contributed by atoms with Gasteiger partial charge in [-0.2, -0.15) is 4.31 Å². The van der Waals surface area contributed by atoms with Crippen LogP contribution >= 0.6 is 0 Å². The number of amides is 1. The van der Waals surface area contributed by atoms with E-state index >= 15 is 0 Å². The molecule has 1 aliphatic rings. The Bertz CT molecular complexity index is 1260. The van der Waals surface area contributed by atoms with Gasteiger partial charge < -0.3 is 9.15 Å². The van der Waals surface area contributed by atoms with Crippen molar-refractivity contribution >= 4 is 21.9 Å². The van der Waals surface area contributed by atoms with Gasteiger partial charge in [0.25, 0.3) is 5.91 Å². The highest BCUT2D eigenvalue weighted by Crippen LogP contribution is 2.24. The van der Waals surface area contributed by atoms with Crippen molar-refractivity contribution in [3.8, 4) is 11.5 Å². The maximum atomic E-state index is 13.0. The largest absolute Gasteiger partial charge is 0.403 e. The smallest absolute Gasteiger partial charge is 0.322 e. The van der Waals surface area contributed by atoms with Crippen LogP contribution < -0.4 is 5.32 Å². The van der Waals surface area contributed by atoms with Gasteiger partial charge in [-0.25, -0.2) is 8.42 Å². The van der Waals surface area contributed by atoms with E-state index in [0.29, 0.717) is 5.89 Å². The van der Waals surface area contributed by atoms with E-state index in [2.05, 4.69) is 15.5 Å². The highest BCUT2D eigenvalue weighted by Gasteiger charge is 2.32. The van der Waals surface area contributed by atoms with Crippen LogP contribution in [0.15, 0.2) is 51.8 Å². The first-order valence-electron chi connectivity index (χ1n) is 10.6. The third-order valence-corrected chi connectivity index (χ3v) is 7.39. The molecule has 1 aliphatic heterocycles. The van der Waals surface area contributed by atoms with Crippen molar-refractivity contribution < 1.29 is 22.4 Å². The molecule has 174 valence electrons. The minimum Gasteiger partial charge on any atom is -0.403 e. The normalized spacial score (nSPS) is 19.4. The minimum atomic E-state index is -3.68. The first-order valence-corrected chi connectivity index (χ1v) is 12.1. The lowest BCUT2D eigenvalue weighted by Gasteiger charge is -2.34. The SMILES string of the molecule is Cc1ccc(-c2nnc(NC(=O)c3ccc(S(=O)(=O)N4C[C@@H](C)O[C@H](C)C4)cc3)o2)cc1C. The molecule has 9 nitrogen and oxygen atoms in total. The molecule has 1 N–H and O–H groups in total. The third kappa shape index (κ3) is 4.97. The lowest BCUT2D eigenvalue weighted by molar-refractivity contribution is -0.0440. The molecular formula is C23H26N4O5S. The lowest BCUT2D eigenvalue weighted by Crippen LogP contribution is -2.48. The van der Waals surface area contributed by atoms with E-state index in [0.717, 1.165) is 16.7 Å². The number of rotatable bonds is 5. The highest BCUT2D eigenvalue weighted by atomic mass is 32.2. The van der Waals surface area contributed by atoms with Crippen molar-refractivity contribution in [3.05, 3.63) is 59.2 Å². The van der Waals surface area contributed by atoms with E-state index in [1.165, 1.54) is 28.6 Å². The fourth-order valence-corrected chi connectivity index (χ4v) is 5.28. The summed E-state index contributed by atoms with van der Waals surface area (Å²) in [4.78, 5) is 12.7. The zero-order valence-electron chi connectivity index (χ0n) is 18.9. The van der Waals surface area contributed by atoms with Gasteiger partial charge in [0.2, 0.25) is 15.9 Å². The van der Waals surface area contributed by atoms with Crippen LogP contribution in [-0.2, 0) is 14.8 Å². The zero-order chi connectivity index (χ0) is 23.8. The van der Waals surface area contributed by atoms with Gasteiger partial charge >= 0.3 is 6.01 Å². The first kappa shape index (κ1) is 23.1. The van der Waals surface area contributed by atoms with Crippen molar-refractivity contribution in [1.29, 1.82) is 0 Å². The number of morpholine rings is 1. The minimum absolute atomic E-state index is 0.0405. The van der Waals surface area contributed by atoms with Gasteiger partial charge in [0, 0.05) is 24.2 Å². The van der Waals surface area contributed by atoms with E-state index in [-0.39, 0.29) is 41.8 Å². The predicted octanol–water partition coefficient (Wildman–Crippen LogP) is 3.40. The molecule has 4 rings (SSSR count). The summed E-state index contributed by atoms with van der Waals surface area (Å²) in [5.41, 5.74) is 3.26. The maximum absolute atomic E-state index is 13.0. The van der Waals surface area contributed by atoms with Gasteiger partial charge in [-0.1, -0.05) is 11.2 Å². The van der Waals surface area contributed by atoms with Crippen molar-refractivity contribution in [2.24, 2.45) is 0 Å². The molecule has 0 saturated carbocycles. The summed E-state index contributed by atoms with van der Waals surface area (Å²) in [5, 5.41) is 10.4. The molecule has 0 radical (unpaired) electrons. The first-order chi connectivity index (χ1) is 15.6. The van der Waals surface area contributed by atoms with Crippen LogP contribution in [0.4, 0.5) is 6.01 Å². The number of hydrogen-bond acceptors (Lipinski definition) is 7. The van der Waals surface area contributed by atoms with Gasteiger partial charge in [-0.15, -0.1) is 5.10 Å². The number of anilines is 1. The number of sulfonamides is 1. The Balaban J connectivity index is 1.46. The molecule has 1 saturated heterocycles. The number of ether oxygens (including phenoxy) is 1. The molecule has 33 heavy (non-hydrogen) atoms. The third-order valence-electron chi connectivity index (χ3n) is 5.54. The number of hydrogen-bond donors (Lipinski definition) is 1.